The Morgan fingerprint density at radius 2 is 0.833 bits per heavy atom. The van der Waals surface area contributed by atoms with Gasteiger partial charge in [0, 0.05) is 22.5 Å². The van der Waals surface area contributed by atoms with Gasteiger partial charge >= 0.3 is 29.5 Å². The normalized spacial score (nSPS) is 16.3. The van der Waals surface area contributed by atoms with Crippen molar-refractivity contribution >= 4 is 52.0 Å². The summed E-state index contributed by atoms with van der Waals surface area (Å²) < 4.78 is 62.1. The maximum absolute atomic E-state index is 11.7. The second kappa shape index (κ2) is 9.43. The summed E-state index contributed by atoms with van der Waals surface area (Å²) in [5.74, 6) is -0.189. The van der Waals surface area contributed by atoms with Gasteiger partial charge in [-0.25, -0.2) is 18.3 Å². The van der Waals surface area contributed by atoms with Crippen LogP contribution in [0.25, 0.3) is 11.1 Å². The molecule has 0 bridgehead atoms. The largest absolute Gasteiger partial charge is 0.485 e. The molecule has 0 radical (unpaired) electrons. The van der Waals surface area contributed by atoms with Gasteiger partial charge in [-0.1, -0.05) is 24.3 Å². The summed E-state index contributed by atoms with van der Waals surface area (Å²) in [4.78, 5) is 34.6. The van der Waals surface area contributed by atoms with Crippen molar-refractivity contribution in [2.75, 3.05) is 0 Å². The molecule has 2 atom stereocenters. The molecule has 0 aliphatic rings. The Hall–Kier alpha value is -0.700. The van der Waals surface area contributed by atoms with Crippen LogP contribution < -0.4 is 9.05 Å². The van der Waals surface area contributed by atoms with Crippen LogP contribution in [0.15, 0.2) is 48.5 Å². The molecule has 0 saturated carbocycles. The third-order valence-corrected chi connectivity index (χ3v) is 8.52. The molecule has 2 aromatic rings. The fraction of sp³-hybridized carbons (Fsp3) is 0. The van der Waals surface area contributed by atoms with Gasteiger partial charge < -0.3 is 28.6 Å². The van der Waals surface area contributed by atoms with Gasteiger partial charge in [0.2, 0.25) is 0 Å². The van der Waals surface area contributed by atoms with Gasteiger partial charge in [0.15, 0.2) is 0 Å². The lowest BCUT2D eigenvalue weighted by Crippen LogP contribution is -1.92. The van der Waals surface area contributed by atoms with Crippen LogP contribution in [0.3, 0.4) is 0 Å². The molecule has 4 N–H and O–H groups in total. The number of hydrogen-bond acceptors (Lipinski definition) is 8. The third-order valence-electron chi connectivity index (χ3n) is 2.88. The van der Waals surface area contributed by atoms with Crippen LogP contribution in [0.5, 0.6) is 11.5 Å². The minimum absolute atomic E-state index is 0.0943. The van der Waals surface area contributed by atoms with Crippen LogP contribution >= 0.6 is 52.0 Å². The Kier molecular flexibility index (Phi) is 8.03. The van der Waals surface area contributed by atoms with Crippen molar-refractivity contribution in [1.82, 2.24) is 0 Å². The first-order valence-electron chi connectivity index (χ1n) is 7.26. The molecular weight excluding hydrogens is 531 g/mol. The maximum Gasteiger partial charge on any atom is 0.485 e. The summed E-state index contributed by atoms with van der Waals surface area (Å²) in [7, 11) is -10.3. The van der Waals surface area contributed by atoms with E-state index in [4.69, 9.17) is 51.1 Å². The van der Waals surface area contributed by atoms with Crippen molar-refractivity contribution in [3.05, 3.63) is 48.5 Å². The average Bonchev–Trinajstić information content (AvgIpc) is 2.51. The molecule has 2 unspecified atom stereocenters. The summed E-state index contributed by atoms with van der Waals surface area (Å²) in [5, 5.41) is 0. The first-order valence-corrected chi connectivity index (χ1v) is 15.2. The van der Waals surface area contributed by atoms with Crippen LogP contribution in [-0.4, -0.2) is 19.6 Å². The van der Waals surface area contributed by atoms with Crippen LogP contribution in [0.2, 0.25) is 0 Å². The quantitative estimate of drug-likeness (QED) is 0.310. The number of rotatable bonds is 9. The Morgan fingerprint density at radius 3 is 1.07 bits per heavy atom. The fourth-order valence-corrected chi connectivity index (χ4v) is 6.93. The van der Waals surface area contributed by atoms with Crippen molar-refractivity contribution < 1.29 is 55.5 Å². The van der Waals surface area contributed by atoms with E-state index in [9.17, 15) is 18.3 Å². The van der Waals surface area contributed by atoms with Crippen molar-refractivity contribution in [1.29, 1.82) is 0 Å². The minimum Gasteiger partial charge on any atom is -0.413 e. The minimum atomic E-state index is -5.13. The number of hydrogen-bond donors (Lipinski definition) is 4. The zero-order valence-corrected chi connectivity index (χ0v) is 19.3. The van der Waals surface area contributed by atoms with E-state index in [1.54, 1.807) is 0 Å². The van der Waals surface area contributed by atoms with Crippen LogP contribution in [0.1, 0.15) is 0 Å². The zero-order valence-electron chi connectivity index (χ0n) is 14.2. The van der Waals surface area contributed by atoms with Gasteiger partial charge in [0.25, 0.3) is 0 Å². The lowest BCUT2D eigenvalue weighted by molar-refractivity contribution is 0.268. The summed E-state index contributed by atoms with van der Waals surface area (Å²) in [6, 6.07) is 11.2. The van der Waals surface area contributed by atoms with Gasteiger partial charge in [0.05, 0.1) is 0 Å². The van der Waals surface area contributed by atoms with Crippen molar-refractivity contribution in [3.8, 4) is 22.6 Å². The number of benzene rings is 2. The molecule has 0 aliphatic carbocycles. The molecule has 2 aromatic carbocycles. The molecular formula is C12H12Cl2O12P4. The van der Waals surface area contributed by atoms with Crippen LogP contribution in [0, 0.1) is 0 Å². The summed E-state index contributed by atoms with van der Waals surface area (Å²) in [6.07, 6.45) is 0. The third kappa shape index (κ3) is 9.20. The highest BCUT2D eigenvalue weighted by Crippen LogP contribution is 2.64. The van der Waals surface area contributed by atoms with E-state index in [1.807, 2.05) is 0 Å². The summed E-state index contributed by atoms with van der Waals surface area (Å²) in [6.45, 7) is -9.16. The predicted octanol–water partition coefficient (Wildman–Crippen LogP) is 5.02. The number of halogens is 2. The van der Waals surface area contributed by atoms with Gasteiger partial charge in [0.1, 0.15) is 11.5 Å². The highest BCUT2D eigenvalue weighted by Gasteiger charge is 2.34. The van der Waals surface area contributed by atoms with E-state index >= 15 is 0 Å². The standard InChI is InChI=1S/C12H12Cl2O12P4/c13-27(15,25-29(17,18)19)23-11-5-1-9(2-6-11)10-3-7-12(8-4-10)24-28(14,16)26-30(20,21)22/h1-8H,(H2,17,18,19)(H2,20,21,22). The SMILES string of the molecule is O=P(O)(O)OP(=O)(Cl)Oc1ccc(-c2ccc(OP(=O)(Cl)OP(=O)(O)O)cc2)cc1. The lowest BCUT2D eigenvalue weighted by Gasteiger charge is -2.14. The van der Waals surface area contributed by atoms with Gasteiger partial charge in [-0.2, -0.15) is 8.62 Å². The predicted molar refractivity (Wildman–Crippen MR) is 106 cm³/mol. The van der Waals surface area contributed by atoms with Crippen LogP contribution in [0.4, 0.5) is 0 Å². The van der Waals surface area contributed by atoms with Crippen molar-refractivity contribution in [3.63, 3.8) is 0 Å². The molecule has 0 fully saturated rings. The average molecular weight is 543 g/mol. The maximum atomic E-state index is 11.7. The summed E-state index contributed by atoms with van der Waals surface area (Å²) in [5.41, 5.74) is 1.18. The second-order valence-electron chi connectivity index (χ2n) is 5.24. The highest BCUT2D eigenvalue weighted by molar-refractivity contribution is 7.85. The van der Waals surface area contributed by atoms with E-state index in [2.05, 4.69) is 8.62 Å². The first kappa shape index (κ1) is 25.6. The topological polar surface area (TPSA) is 186 Å². The first-order chi connectivity index (χ1) is 13.5. The van der Waals surface area contributed by atoms with E-state index in [0.717, 1.165) is 0 Å². The number of phosphoric acid groups is 2. The van der Waals surface area contributed by atoms with Crippen molar-refractivity contribution in [2.24, 2.45) is 0 Å². The zero-order chi connectivity index (χ0) is 22.8. The smallest absolute Gasteiger partial charge is 0.413 e. The Balaban J connectivity index is 2.09. The Labute approximate surface area is 178 Å². The van der Waals surface area contributed by atoms with E-state index in [1.165, 1.54) is 48.5 Å². The lowest BCUT2D eigenvalue weighted by atomic mass is 10.1. The summed E-state index contributed by atoms with van der Waals surface area (Å²) >= 11 is 10.7. The molecule has 0 spiro atoms. The fourth-order valence-electron chi connectivity index (χ4n) is 1.96. The molecule has 18 heteroatoms. The molecule has 0 heterocycles. The Bertz CT molecular complexity index is 990. The molecule has 30 heavy (non-hydrogen) atoms. The highest BCUT2D eigenvalue weighted by atomic mass is 35.7. The van der Waals surface area contributed by atoms with Crippen LogP contribution in [-0.2, 0) is 26.9 Å². The molecule has 0 amide bonds. The van der Waals surface area contributed by atoms with Crippen molar-refractivity contribution in [2.45, 2.75) is 0 Å². The van der Waals surface area contributed by atoms with E-state index in [0.29, 0.717) is 11.1 Å². The molecule has 2 rings (SSSR count). The molecule has 166 valence electrons. The van der Waals surface area contributed by atoms with E-state index < -0.39 is 29.5 Å². The van der Waals surface area contributed by atoms with Gasteiger partial charge in [-0.3, -0.25) is 0 Å². The monoisotopic (exact) mass is 542 g/mol. The van der Waals surface area contributed by atoms with Gasteiger partial charge in [-0.15, -0.1) is 0 Å². The molecule has 0 aliphatic heterocycles. The van der Waals surface area contributed by atoms with Gasteiger partial charge in [-0.05, 0) is 35.4 Å². The second-order valence-corrected chi connectivity index (χ2v) is 13.1. The molecule has 0 aromatic heterocycles. The molecule has 0 saturated heterocycles. The molecule has 12 nitrogen and oxygen atoms in total. The Morgan fingerprint density at radius 1 is 0.567 bits per heavy atom. The van der Waals surface area contributed by atoms with E-state index in [-0.39, 0.29) is 11.5 Å².